The molecular formula is C24H28N4O5. The Balaban J connectivity index is 1.27. The lowest BCUT2D eigenvalue weighted by Crippen LogP contribution is -2.48. The van der Waals surface area contributed by atoms with Crippen molar-refractivity contribution in [2.24, 2.45) is 0 Å². The quantitative estimate of drug-likeness (QED) is 0.610. The predicted molar refractivity (Wildman–Crippen MR) is 121 cm³/mol. The number of hydrogen-bond donors (Lipinski definition) is 1. The van der Waals surface area contributed by atoms with Gasteiger partial charge in [-0.3, -0.25) is 9.69 Å². The van der Waals surface area contributed by atoms with E-state index in [1.165, 1.54) is 0 Å². The number of aromatic nitrogens is 1. The molecule has 1 fully saturated rings. The number of nitrogens with one attached hydrogen (secondary N) is 1. The molecule has 1 N–H and O–H groups in total. The van der Waals surface area contributed by atoms with Crippen molar-refractivity contribution >= 4 is 5.91 Å². The second-order valence-electron chi connectivity index (χ2n) is 8.45. The van der Waals surface area contributed by atoms with Crippen molar-refractivity contribution in [3.8, 4) is 22.8 Å². The van der Waals surface area contributed by atoms with Crippen LogP contribution in [0.1, 0.15) is 28.1 Å². The van der Waals surface area contributed by atoms with Gasteiger partial charge in [-0.15, -0.1) is 0 Å². The first-order chi connectivity index (χ1) is 16.1. The van der Waals surface area contributed by atoms with Crippen LogP contribution in [-0.2, 0) is 0 Å². The van der Waals surface area contributed by atoms with Crippen LogP contribution in [0.25, 0.3) is 11.3 Å². The molecule has 0 radical (unpaired) electrons. The largest absolute Gasteiger partial charge is 0.486 e. The number of amides is 1. The number of carbonyl (C=O) groups is 1. The molecule has 2 aliphatic rings. The minimum Gasteiger partial charge on any atom is -0.486 e. The Morgan fingerprint density at radius 1 is 1.06 bits per heavy atom. The first kappa shape index (κ1) is 21.5. The number of piperazine rings is 1. The number of aryl methyl sites for hydroxylation is 1. The summed E-state index contributed by atoms with van der Waals surface area (Å²) < 4.78 is 22.5. The fourth-order valence-electron chi connectivity index (χ4n) is 4.17. The number of hydrogen-bond acceptors (Lipinski definition) is 8. The fraction of sp³-hybridized carbons (Fsp3) is 0.417. The maximum atomic E-state index is 12.9. The van der Waals surface area contributed by atoms with E-state index in [-0.39, 0.29) is 17.6 Å². The molecule has 9 nitrogen and oxygen atoms in total. The van der Waals surface area contributed by atoms with E-state index in [4.69, 9.17) is 18.4 Å². The third-order valence-corrected chi connectivity index (χ3v) is 6.09. The average Bonchev–Trinajstić information content (AvgIpc) is 3.50. The molecule has 9 heteroatoms. The minimum atomic E-state index is -0.287. The van der Waals surface area contributed by atoms with Crippen LogP contribution >= 0.6 is 0 Å². The highest BCUT2D eigenvalue weighted by Crippen LogP contribution is 2.34. The summed E-state index contributed by atoms with van der Waals surface area (Å²) in [7, 11) is 2.12. The molecule has 4 heterocycles. The van der Waals surface area contributed by atoms with Crippen LogP contribution in [-0.4, -0.2) is 73.8 Å². The lowest BCUT2D eigenvalue weighted by atomic mass is 10.1. The maximum absolute atomic E-state index is 12.9. The van der Waals surface area contributed by atoms with Crippen LogP contribution < -0.4 is 14.8 Å². The summed E-state index contributed by atoms with van der Waals surface area (Å²) in [4.78, 5) is 17.5. The Morgan fingerprint density at radius 3 is 2.61 bits per heavy atom. The van der Waals surface area contributed by atoms with Crippen molar-refractivity contribution < 1.29 is 23.2 Å². The van der Waals surface area contributed by atoms with Gasteiger partial charge in [0.2, 0.25) is 0 Å². The normalized spacial score (nSPS) is 17.6. The number of rotatable bonds is 6. The number of nitrogens with zero attached hydrogens (tertiary/aromatic N) is 3. The number of fused-ring (bicyclic) bond motifs is 1. The average molecular weight is 453 g/mol. The zero-order chi connectivity index (χ0) is 22.8. The molecule has 1 saturated heterocycles. The van der Waals surface area contributed by atoms with Crippen LogP contribution in [0.4, 0.5) is 0 Å². The molecule has 0 bridgehead atoms. The molecule has 1 atom stereocenters. The summed E-state index contributed by atoms with van der Waals surface area (Å²) >= 11 is 0. The summed E-state index contributed by atoms with van der Waals surface area (Å²) in [5.41, 5.74) is 1.000. The molecule has 2 aliphatic heterocycles. The molecule has 174 valence electrons. The van der Waals surface area contributed by atoms with Crippen LogP contribution in [0.3, 0.4) is 0 Å². The first-order valence-electron chi connectivity index (χ1n) is 11.2. The smallest absolute Gasteiger partial charge is 0.273 e. The van der Waals surface area contributed by atoms with Crippen LogP contribution in [0.15, 0.2) is 45.3 Å². The summed E-state index contributed by atoms with van der Waals surface area (Å²) in [6.07, 6.45) is 0. The lowest BCUT2D eigenvalue weighted by molar-refractivity contribution is 0.0843. The second-order valence-corrected chi connectivity index (χ2v) is 8.45. The zero-order valence-corrected chi connectivity index (χ0v) is 18.9. The molecule has 1 aromatic carbocycles. The Hall–Kier alpha value is -3.30. The second kappa shape index (κ2) is 9.29. The van der Waals surface area contributed by atoms with Gasteiger partial charge in [-0.25, -0.2) is 0 Å². The van der Waals surface area contributed by atoms with Gasteiger partial charge in [0.1, 0.15) is 24.7 Å². The maximum Gasteiger partial charge on any atom is 0.273 e. The van der Waals surface area contributed by atoms with Gasteiger partial charge >= 0.3 is 0 Å². The third kappa shape index (κ3) is 4.74. The predicted octanol–water partition coefficient (Wildman–Crippen LogP) is 2.73. The number of likely N-dealkylation sites (N-methyl/N-ethyl adjacent to an activating group) is 1. The standard InChI is InChI=1S/C24H28N4O5/c1-16-3-5-20(32-16)19(28-9-7-27(2)8-10-28)15-25-24(29)18-14-22(33-26-18)17-4-6-21-23(13-17)31-12-11-30-21/h3-6,13-14,19H,7-12,15H2,1-2H3,(H,25,29)/t19-/m1/s1. The van der Waals surface area contributed by atoms with Gasteiger partial charge in [0.15, 0.2) is 23.0 Å². The summed E-state index contributed by atoms with van der Waals surface area (Å²) in [6, 6.07) is 11.1. The molecule has 2 aromatic heterocycles. The number of benzene rings is 1. The van der Waals surface area contributed by atoms with Gasteiger partial charge in [0.05, 0.1) is 6.04 Å². The Morgan fingerprint density at radius 2 is 1.85 bits per heavy atom. The summed E-state index contributed by atoms with van der Waals surface area (Å²) in [5, 5.41) is 6.99. The number of ether oxygens (including phenoxy) is 2. The van der Waals surface area contributed by atoms with E-state index in [0.29, 0.717) is 37.0 Å². The van der Waals surface area contributed by atoms with Gasteiger partial charge in [-0.2, -0.15) is 0 Å². The zero-order valence-electron chi connectivity index (χ0n) is 18.9. The van der Waals surface area contributed by atoms with Gasteiger partial charge in [0.25, 0.3) is 5.91 Å². The Kier molecular flexibility index (Phi) is 6.06. The van der Waals surface area contributed by atoms with Crippen molar-refractivity contribution in [1.29, 1.82) is 0 Å². The van der Waals surface area contributed by atoms with E-state index in [1.54, 1.807) is 6.07 Å². The lowest BCUT2D eigenvalue weighted by Gasteiger charge is -2.37. The number of furan rings is 1. The molecule has 1 amide bonds. The van der Waals surface area contributed by atoms with Crippen molar-refractivity contribution in [3.05, 3.63) is 53.6 Å². The molecule has 3 aromatic rings. The fourth-order valence-corrected chi connectivity index (χ4v) is 4.17. The van der Waals surface area contributed by atoms with Crippen molar-refractivity contribution in [1.82, 2.24) is 20.3 Å². The Bertz CT molecular complexity index is 1120. The monoisotopic (exact) mass is 452 g/mol. The molecule has 0 spiro atoms. The van der Waals surface area contributed by atoms with Gasteiger partial charge in [0, 0.05) is 44.4 Å². The van der Waals surface area contributed by atoms with Gasteiger partial charge < -0.3 is 28.6 Å². The highest BCUT2D eigenvalue weighted by atomic mass is 16.6. The van der Waals surface area contributed by atoms with Crippen LogP contribution in [0, 0.1) is 6.92 Å². The van der Waals surface area contributed by atoms with Crippen molar-refractivity contribution in [2.45, 2.75) is 13.0 Å². The molecule has 0 unspecified atom stereocenters. The SMILES string of the molecule is Cc1ccc([C@@H](CNC(=O)c2cc(-c3ccc4c(c3)OCCO4)on2)N2CCN(C)CC2)o1. The molecular weight excluding hydrogens is 424 g/mol. The topological polar surface area (TPSA) is 93.2 Å². The highest BCUT2D eigenvalue weighted by molar-refractivity contribution is 5.93. The van der Waals surface area contributed by atoms with Crippen LogP contribution in [0.2, 0.25) is 0 Å². The molecule has 0 saturated carbocycles. The summed E-state index contributed by atoms with van der Waals surface area (Å²) in [6.45, 7) is 7.16. The van der Waals surface area contributed by atoms with E-state index in [2.05, 4.69) is 27.3 Å². The van der Waals surface area contributed by atoms with E-state index in [9.17, 15) is 4.79 Å². The van der Waals surface area contributed by atoms with Crippen LogP contribution in [0.5, 0.6) is 11.5 Å². The van der Waals surface area contributed by atoms with E-state index in [0.717, 1.165) is 43.3 Å². The Labute approximate surface area is 192 Å². The van der Waals surface area contributed by atoms with Crippen molar-refractivity contribution in [3.63, 3.8) is 0 Å². The molecule has 33 heavy (non-hydrogen) atoms. The van der Waals surface area contributed by atoms with Gasteiger partial charge in [-0.05, 0) is 44.3 Å². The van der Waals surface area contributed by atoms with E-state index in [1.807, 2.05) is 37.3 Å². The summed E-state index contributed by atoms with van der Waals surface area (Å²) in [5.74, 6) is 3.28. The van der Waals surface area contributed by atoms with Gasteiger partial charge in [-0.1, -0.05) is 5.16 Å². The van der Waals surface area contributed by atoms with E-state index >= 15 is 0 Å². The highest BCUT2D eigenvalue weighted by Gasteiger charge is 2.27. The van der Waals surface area contributed by atoms with Crippen molar-refractivity contribution in [2.75, 3.05) is 53.0 Å². The third-order valence-electron chi connectivity index (χ3n) is 6.09. The molecule has 0 aliphatic carbocycles. The first-order valence-corrected chi connectivity index (χ1v) is 11.2. The number of carbonyl (C=O) groups excluding carboxylic acids is 1. The minimum absolute atomic E-state index is 0.0412. The molecule has 5 rings (SSSR count). The van der Waals surface area contributed by atoms with E-state index < -0.39 is 0 Å².